The molecule has 3 aromatic rings. The maximum atomic E-state index is 13.0. The van der Waals surface area contributed by atoms with Crippen LogP contribution in [-0.2, 0) is 16.3 Å². The summed E-state index contributed by atoms with van der Waals surface area (Å²) in [4.78, 5) is 19.1. The number of halogens is 1. The summed E-state index contributed by atoms with van der Waals surface area (Å²) >= 11 is 5.92. The van der Waals surface area contributed by atoms with Crippen LogP contribution in [0.1, 0.15) is 34.6 Å². The Morgan fingerprint density at radius 3 is 2.81 bits per heavy atom. The number of sulfone groups is 1. The van der Waals surface area contributed by atoms with Crippen LogP contribution in [0.2, 0.25) is 5.02 Å². The normalized spacial score (nSPS) is 17.1. The van der Waals surface area contributed by atoms with Gasteiger partial charge in [0.25, 0.3) is 5.91 Å². The zero-order valence-corrected chi connectivity index (χ0v) is 16.3. The number of carbonyl (C=O) groups is 1. The molecule has 1 unspecified atom stereocenters. The van der Waals surface area contributed by atoms with E-state index in [9.17, 15) is 13.2 Å². The Bertz CT molecular complexity index is 1170. The third kappa shape index (κ3) is 3.19. The highest BCUT2D eigenvalue weighted by atomic mass is 35.5. The van der Waals surface area contributed by atoms with Crippen molar-refractivity contribution in [3.63, 3.8) is 0 Å². The molecule has 140 valence electrons. The SMILES string of the molecule is CC1c2cc(S(C)(=O)=O)ccc2CCN1C(=O)c1cc2ncc(Cl)cn2n1. The zero-order valence-electron chi connectivity index (χ0n) is 14.8. The molecule has 0 bridgehead atoms. The van der Waals surface area contributed by atoms with Crippen molar-refractivity contribution < 1.29 is 13.2 Å². The van der Waals surface area contributed by atoms with Gasteiger partial charge in [0, 0.05) is 25.1 Å². The van der Waals surface area contributed by atoms with Crippen LogP contribution in [0.4, 0.5) is 0 Å². The topological polar surface area (TPSA) is 84.6 Å². The van der Waals surface area contributed by atoms with Gasteiger partial charge >= 0.3 is 0 Å². The number of hydrogen-bond acceptors (Lipinski definition) is 5. The highest BCUT2D eigenvalue weighted by molar-refractivity contribution is 7.90. The van der Waals surface area contributed by atoms with Crippen molar-refractivity contribution in [2.45, 2.75) is 24.3 Å². The van der Waals surface area contributed by atoms with Crippen LogP contribution in [0.15, 0.2) is 41.6 Å². The summed E-state index contributed by atoms with van der Waals surface area (Å²) in [6.07, 6.45) is 4.93. The monoisotopic (exact) mass is 404 g/mol. The number of hydrogen-bond donors (Lipinski definition) is 0. The molecule has 0 N–H and O–H groups in total. The predicted molar refractivity (Wildman–Crippen MR) is 101 cm³/mol. The lowest BCUT2D eigenvalue weighted by Crippen LogP contribution is -2.39. The van der Waals surface area contributed by atoms with Crippen molar-refractivity contribution in [3.8, 4) is 0 Å². The van der Waals surface area contributed by atoms with Crippen molar-refractivity contribution >= 4 is 33.0 Å². The third-order valence-corrected chi connectivity index (χ3v) is 6.15. The molecule has 3 heterocycles. The minimum atomic E-state index is -3.31. The highest BCUT2D eigenvalue weighted by Gasteiger charge is 2.30. The molecule has 0 saturated carbocycles. The Morgan fingerprint density at radius 2 is 2.07 bits per heavy atom. The maximum absolute atomic E-state index is 13.0. The fourth-order valence-corrected chi connectivity index (χ4v) is 4.20. The van der Waals surface area contributed by atoms with Crippen molar-refractivity contribution in [1.82, 2.24) is 19.5 Å². The number of fused-ring (bicyclic) bond motifs is 2. The number of nitrogens with zero attached hydrogens (tertiary/aromatic N) is 4. The fourth-order valence-electron chi connectivity index (χ4n) is 3.41. The van der Waals surface area contributed by atoms with E-state index < -0.39 is 9.84 Å². The van der Waals surface area contributed by atoms with E-state index in [1.54, 1.807) is 29.3 Å². The van der Waals surface area contributed by atoms with E-state index in [1.807, 2.05) is 13.0 Å². The van der Waals surface area contributed by atoms with E-state index in [0.29, 0.717) is 23.6 Å². The Labute approximate surface area is 161 Å². The van der Waals surface area contributed by atoms with E-state index in [4.69, 9.17) is 11.6 Å². The largest absolute Gasteiger partial charge is 0.330 e. The molecule has 1 aliphatic rings. The molecule has 0 radical (unpaired) electrons. The lowest BCUT2D eigenvalue weighted by atomic mass is 9.93. The standard InChI is InChI=1S/C18H17ClN4O3S/c1-11-15-7-14(27(2,25)26)4-3-12(15)5-6-22(11)18(24)16-8-17-20-9-13(19)10-23(17)21-16/h3-4,7-11H,5-6H2,1-2H3. The molecule has 7 nitrogen and oxygen atoms in total. The fraction of sp³-hybridized carbons (Fsp3) is 0.278. The molecular formula is C18H17ClN4O3S. The Hall–Kier alpha value is -2.45. The molecule has 1 aliphatic heterocycles. The average molecular weight is 405 g/mol. The molecule has 4 rings (SSSR count). The summed E-state index contributed by atoms with van der Waals surface area (Å²) in [5.41, 5.74) is 2.72. The quantitative estimate of drug-likeness (QED) is 0.655. The van der Waals surface area contributed by atoms with Gasteiger partial charge in [0.1, 0.15) is 0 Å². The van der Waals surface area contributed by atoms with Gasteiger partial charge in [-0.2, -0.15) is 5.10 Å². The van der Waals surface area contributed by atoms with Gasteiger partial charge in [-0.3, -0.25) is 4.79 Å². The van der Waals surface area contributed by atoms with Gasteiger partial charge in [0.2, 0.25) is 0 Å². The van der Waals surface area contributed by atoms with Crippen LogP contribution in [0, 0.1) is 0 Å². The predicted octanol–water partition coefficient (Wildman–Crippen LogP) is 2.55. The van der Waals surface area contributed by atoms with Crippen molar-refractivity contribution in [2.24, 2.45) is 0 Å². The summed E-state index contributed by atoms with van der Waals surface area (Å²) in [6.45, 7) is 2.43. The summed E-state index contributed by atoms with van der Waals surface area (Å²) in [6, 6.07) is 6.48. The van der Waals surface area contributed by atoms with Crippen LogP contribution in [0.5, 0.6) is 0 Å². The molecule has 2 aromatic heterocycles. The van der Waals surface area contributed by atoms with E-state index in [1.165, 1.54) is 17.0 Å². The van der Waals surface area contributed by atoms with Crippen LogP contribution in [0.3, 0.4) is 0 Å². The van der Waals surface area contributed by atoms with Crippen LogP contribution >= 0.6 is 11.6 Å². The molecule has 1 aromatic carbocycles. The Morgan fingerprint density at radius 1 is 1.30 bits per heavy atom. The van der Waals surface area contributed by atoms with Crippen molar-refractivity contribution in [2.75, 3.05) is 12.8 Å². The Balaban J connectivity index is 1.69. The van der Waals surface area contributed by atoms with Gasteiger partial charge in [-0.15, -0.1) is 0 Å². The summed E-state index contributed by atoms with van der Waals surface area (Å²) in [5, 5.41) is 4.71. The maximum Gasteiger partial charge on any atom is 0.274 e. The van der Waals surface area contributed by atoms with Gasteiger partial charge in [-0.05, 0) is 36.6 Å². The first-order chi connectivity index (χ1) is 12.7. The van der Waals surface area contributed by atoms with Gasteiger partial charge < -0.3 is 4.90 Å². The number of benzene rings is 1. The highest BCUT2D eigenvalue weighted by Crippen LogP contribution is 2.32. The molecule has 9 heteroatoms. The molecule has 1 amide bonds. The molecule has 0 aliphatic carbocycles. The van der Waals surface area contributed by atoms with Gasteiger partial charge in [0.05, 0.1) is 22.2 Å². The second kappa shape index (κ2) is 6.31. The molecule has 27 heavy (non-hydrogen) atoms. The second-order valence-corrected chi connectivity index (χ2v) is 9.11. The van der Waals surface area contributed by atoms with Crippen LogP contribution in [-0.4, -0.2) is 46.6 Å². The summed E-state index contributed by atoms with van der Waals surface area (Å²) in [7, 11) is -3.31. The minimum absolute atomic E-state index is 0.223. The first-order valence-corrected chi connectivity index (χ1v) is 10.7. The number of amides is 1. The van der Waals surface area contributed by atoms with Crippen LogP contribution in [0.25, 0.3) is 5.65 Å². The number of carbonyl (C=O) groups excluding carboxylic acids is 1. The molecule has 0 saturated heterocycles. The molecule has 1 atom stereocenters. The van der Waals surface area contributed by atoms with E-state index in [2.05, 4.69) is 10.1 Å². The lowest BCUT2D eigenvalue weighted by Gasteiger charge is -2.35. The number of aromatic nitrogens is 3. The summed E-state index contributed by atoms with van der Waals surface area (Å²) < 4.78 is 25.2. The Kier molecular flexibility index (Phi) is 4.20. The minimum Gasteiger partial charge on any atom is -0.330 e. The van der Waals surface area contributed by atoms with E-state index in [0.717, 1.165) is 11.1 Å². The number of rotatable bonds is 2. The zero-order chi connectivity index (χ0) is 19.3. The average Bonchev–Trinajstić information content (AvgIpc) is 3.03. The molecule has 0 fully saturated rings. The van der Waals surface area contributed by atoms with E-state index >= 15 is 0 Å². The smallest absolute Gasteiger partial charge is 0.274 e. The lowest BCUT2D eigenvalue weighted by molar-refractivity contribution is 0.0671. The first-order valence-electron chi connectivity index (χ1n) is 8.39. The van der Waals surface area contributed by atoms with Crippen molar-refractivity contribution in [3.05, 3.63) is 58.5 Å². The van der Waals surface area contributed by atoms with Gasteiger partial charge in [0.15, 0.2) is 21.2 Å². The third-order valence-electron chi connectivity index (χ3n) is 4.85. The second-order valence-electron chi connectivity index (χ2n) is 6.66. The van der Waals surface area contributed by atoms with Gasteiger partial charge in [-0.1, -0.05) is 17.7 Å². The molecule has 0 spiro atoms. The van der Waals surface area contributed by atoms with E-state index in [-0.39, 0.29) is 22.5 Å². The van der Waals surface area contributed by atoms with Gasteiger partial charge in [-0.25, -0.2) is 17.9 Å². The van der Waals surface area contributed by atoms with Crippen LogP contribution < -0.4 is 0 Å². The molecular weight excluding hydrogens is 388 g/mol. The van der Waals surface area contributed by atoms with Crippen molar-refractivity contribution in [1.29, 1.82) is 0 Å². The first kappa shape index (κ1) is 17.9. The summed E-state index contributed by atoms with van der Waals surface area (Å²) in [5.74, 6) is -0.223.